The number of rotatable bonds is 3. The van der Waals surface area contributed by atoms with Crippen molar-refractivity contribution in [2.75, 3.05) is 7.05 Å². The molecular weight excluding hydrogens is 276 g/mol. The van der Waals surface area contributed by atoms with Crippen LogP contribution in [0.3, 0.4) is 0 Å². The maximum Gasteiger partial charge on any atom is 0.292 e. The number of aromatic nitrogens is 1. The van der Waals surface area contributed by atoms with E-state index in [0.29, 0.717) is 11.7 Å². The fraction of sp³-hybridized carbons (Fsp3) is 0.444. The lowest BCUT2D eigenvalue weighted by molar-refractivity contribution is 0.0647. The van der Waals surface area contributed by atoms with E-state index in [2.05, 4.69) is 35.5 Å². The SMILES string of the molecule is Cc1cc(C(=O)N(C)C2CCC(c3ccccc3)CC2)on1. The van der Waals surface area contributed by atoms with Gasteiger partial charge >= 0.3 is 0 Å². The molecule has 4 nitrogen and oxygen atoms in total. The molecule has 1 aromatic carbocycles. The van der Waals surface area contributed by atoms with Crippen molar-refractivity contribution in [1.82, 2.24) is 10.1 Å². The molecule has 22 heavy (non-hydrogen) atoms. The van der Waals surface area contributed by atoms with Crippen LogP contribution in [0.15, 0.2) is 40.9 Å². The van der Waals surface area contributed by atoms with Gasteiger partial charge in [-0.2, -0.15) is 0 Å². The predicted molar refractivity (Wildman–Crippen MR) is 84.8 cm³/mol. The average Bonchev–Trinajstić information content (AvgIpc) is 3.01. The van der Waals surface area contributed by atoms with E-state index in [4.69, 9.17) is 4.52 Å². The number of benzene rings is 1. The summed E-state index contributed by atoms with van der Waals surface area (Å²) in [7, 11) is 1.87. The summed E-state index contributed by atoms with van der Waals surface area (Å²) >= 11 is 0. The van der Waals surface area contributed by atoms with Crippen molar-refractivity contribution in [1.29, 1.82) is 0 Å². The van der Waals surface area contributed by atoms with Gasteiger partial charge in [0.25, 0.3) is 5.91 Å². The fourth-order valence-corrected chi connectivity index (χ4v) is 3.33. The largest absolute Gasteiger partial charge is 0.351 e. The Balaban J connectivity index is 1.60. The summed E-state index contributed by atoms with van der Waals surface area (Å²) in [5, 5.41) is 3.79. The van der Waals surface area contributed by atoms with Crippen LogP contribution in [-0.2, 0) is 0 Å². The highest BCUT2D eigenvalue weighted by molar-refractivity contribution is 5.91. The smallest absolute Gasteiger partial charge is 0.292 e. The predicted octanol–water partition coefficient (Wildman–Crippen LogP) is 3.78. The fourth-order valence-electron chi connectivity index (χ4n) is 3.33. The van der Waals surface area contributed by atoms with E-state index in [1.165, 1.54) is 5.56 Å². The first-order valence-electron chi connectivity index (χ1n) is 7.90. The van der Waals surface area contributed by atoms with Crippen molar-refractivity contribution in [3.05, 3.63) is 53.4 Å². The van der Waals surface area contributed by atoms with E-state index in [1.54, 1.807) is 6.07 Å². The summed E-state index contributed by atoms with van der Waals surface area (Å²) in [5.41, 5.74) is 2.16. The van der Waals surface area contributed by atoms with Crippen molar-refractivity contribution in [3.63, 3.8) is 0 Å². The Bertz CT molecular complexity index is 628. The highest BCUT2D eigenvalue weighted by atomic mass is 16.5. The van der Waals surface area contributed by atoms with Gasteiger partial charge < -0.3 is 9.42 Å². The minimum Gasteiger partial charge on any atom is -0.351 e. The van der Waals surface area contributed by atoms with Crippen LogP contribution in [0.25, 0.3) is 0 Å². The monoisotopic (exact) mass is 298 g/mol. The van der Waals surface area contributed by atoms with Crippen molar-refractivity contribution >= 4 is 5.91 Å². The minimum absolute atomic E-state index is 0.0660. The molecule has 2 aromatic rings. The molecule has 0 saturated heterocycles. The van der Waals surface area contributed by atoms with Crippen LogP contribution in [0.1, 0.15) is 53.4 Å². The van der Waals surface area contributed by atoms with Crippen LogP contribution < -0.4 is 0 Å². The molecule has 116 valence electrons. The Hall–Kier alpha value is -2.10. The number of amides is 1. The number of hydrogen-bond acceptors (Lipinski definition) is 3. The lowest BCUT2D eigenvalue weighted by Gasteiger charge is -2.34. The maximum absolute atomic E-state index is 12.4. The second-order valence-corrected chi connectivity index (χ2v) is 6.16. The van der Waals surface area contributed by atoms with Crippen molar-refractivity contribution in [2.45, 2.75) is 44.6 Å². The van der Waals surface area contributed by atoms with Gasteiger partial charge in [-0.25, -0.2) is 0 Å². The Kier molecular flexibility index (Phi) is 4.27. The van der Waals surface area contributed by atoms with Gasteiger partial charge in [-0.05, 0) is 44.1 Å². The van der Waals surface area contributed by atoms with Crippen molar-refractivity contribution in [3.8, 4) is 0 Å². The number of hydrogen-bond donors (Lipinski definition) is 0. The zero-order valence-corrected chi connectivity index (χ0v) is 13.2. The van der Waals surface area contributed by atoms with Crippen molar-refractivity contribution < 1.29 is 9.32 Å². The normalized spacial score (nSPS) is 21.5. The molecule has 0 unspecified atom stereocenters. The molecule has 1 amide bonds. The number of carbonyl (C=O) groups excluding carboxylic acids is 1. The van der Waals surface area contributed by atoms with Crippen LogP contribution >= 0.6 is 0 Å². The first-order chi connectivity index (χ1) is 10.6. The Morgan fingerprint density at radius 3 is 2.45 bits per heavy atom. The van der Waals surface area contributed by atoms with Crippen LogP contribution in [-0.4, -0.2) is 29.1 Å². The van der Waals surface area contributed by atoms with Gasteiger partial charge in [-0.1, -0.05) is 35.5 Å². The maximum atomic E-state index is 12.4. The van der Waals surface area contributed by atoms with Crippen molar-refractivity contribution in [2.24, 2.45) is 0 Å². The topological polar surface area (TPSA) is 46.3 Å². The summed E-state index contributed by atoms with van der Waals surface area (Å²) < 4.78 is 5.09. The highest BCUT2D eigenvalue weighted by Gasteiger charge is 2.29. The third-order valence-corrected chi connectivity index (χ3v) is 4.67. The van der Waals surface area contributed by atoms with E-state index in [0.717, 1.165) is 31.4 Å². The second kappa shape index (κ2) is 6.34. The molecule has 1 saturated carbocycles. The minimum atomic E-state index is -0.0660. The van der Waals surface area contributed by atoms with Gasteiger partial charge in [-0.3, -0.25) is 4.79 Å². The molecule has 1 aliphatic rings. The third kappa shape index (κ3) is 3.06. The Morgan fingerprint density at radius 2 is 1.86 bits per heavy atom. The molecular formula is C18H22N2O2. The molecule has 1 aliphatic carbocycles. The summed E-state index contributed by atoms with van der Waals surface area (Å²) in [6, 6.07) is 12.7. The molecule has 0 spiro atoms. The number of carbonyl (C=O) groups is 1. The van der Waals surface area contributed by atoms with Gasteiger partial charge in [0.1, 0.15) is 0 Å². The molecule has 0 bridgehead atoms. The van der Waals surface area contributed by atoms with E-state index >= 15 is 0 Å². The van der Waals surface area contributed by atoms with Crippen LogP contribution in [0, 0.1) is 6.92 Å². The quantitative estimate of drug-likeness (QED) is 0.866. The zero-order chi connectivity index (χ0) is 15.5. The lowest BCUT2D eigenvalue weighted by Crippen LogP contribution is -2.39. The molecule has 4 heteroatoms. The van der Waals surface area contributed by atoms with Crippen LogP contribution in [0.5, 0.6) is 0 Å². The summed E-state index contributed by atoms with van der Waals surface area (Å²) in [5.74, 6) is 0.891. The molecule has 0 atom stereocenters. The van der Waals surface area contributed by atoms with Gasteiger partial charge in [0, 0.05) is 19.2 Å². The van der Waals surface area contributed by atoms with E-state index in [-0.39, 0.29) is 11.9 Å². The lowest BCUT2D eigenvalue weighted by atomic mass is 9.81. The number of nitrogens with zero attached hydrogens (tertiary/aromatic N) is 2. The highest BCUT2D eigenvalue weighted by Crippen LogP contribution is 2.34. The van der Waals surface area contributed by atoms with E-state index in [9.17, 15) is 4.79 Å². The Labute approximate surface area is 131 Å². The van der Waals surface area contributed by atoms with Crippen LogP contribution in [0.2, 0.25) is 0 Å². The summed E-state index contributed by atoms with van der Waals surface area (Å²) in [6.07, 6.45) is 4.33. The molecule has 1 fully saturated rings. The zero-order valence-electron chi connectivity index (χ0n) is 13.2. The second-order valence-electron chi connectivity index (χ2n) is 6.16. The van der Waals surface area contributed by atoms with Gasteiger partial charge in [0.05, 0.1) is 5.69 Å². The first-order valence-corrected chi connectivity index (χ1v) is 7.90. The van der Waals surface area contributed by atoms with E-state index in [1.807, 2.05) is 18.9 Å². The standard InChI is InChI=1S/C18H22N2O2/c1-13-12-17(22-19-13)18(21)20(2)16-10-8-15(9-11-16)14-6-4-3-5-7-14/h3-7,12,15-16H,8-11H2,1-2H3. The number of aryl methyl sites for hydroxylation is 1. The van der Waals surface area contributed by atoms with Crippen LogP contribution in [0.4, 0.5) is 0 Å². The Morgan fingerprint density at radius 1 is 1.18 bits per heavy atom. The molecule has 1 aromatic heterocycles. The molecule has 0 N–H and O–H groups in total. The summed E-state index contributed by atoms with van der Waals surface area (Å²) in [6.45, 7) is 1.82. The average molecular weight is 298 g/mol. The summed E-state index contributed by atoms with van der Waals surface area (Å²) in [4.78, 5) is 14.2. The molecule has 3 rings (SSSR count). The molecule has 0 radical (unpaired) electrons. The van der Waals surface area contributed by atoms with Gasteiger partial charge in [0.15, 0.2) is 0 Å². The molecule has 0 aliphatic heterocycles. The first kappa shape index (κ1) is 14.8. The molecule has 1 heterocycles. The van der Waals surface area contributed by atoms with Gasteiger partial charge in [0.2, 0.25) is 5.76 Å². The van der Waals surface area contributed by atoms with E-state index < -0.39 is 0 Å². The third-order valence-electron chi connectivity index (χ3n) is 4.67. The van der Waals surface area contributed by atoms with Gasteiger partial charge in [-0.15, -0.1) is 0 Å².